The molecular formula is C9H14Cl2N4. The molecule has 84 valence electrons. The van der Waals surface area contributed by atoms with E-state index in [0.717, 1.165) is 18.9 Å². The van der Waals surface area contributed by atoms with Gasteiger partial charge in [0.05, 0.1) is 0 Å². The number of hydrogen-bond acceptors (Lipinski definition) is 4. The lowest BCUT2D eigenvalue weighted by molar-refractivity contribution is 0.479. The Morgan fingerprint density at radius 1 is 1.47 bits per heavy atom. The van der Waals surface area contributed by atoms with Gasteiger partial charge in [-0.2, -0.15) is 0 Å². The molecule has 1 aliphatic rings. The van der Waals surface area contributed by atoms with Crippen molar-refractivity contribution in [3.63, 3.8) is 0 Å². The summed E-state index contributed by atoms with van der Waals surface area (Å²) >= 11 is 5.76. The maximum absolute atomic E-state index is 5.76. The summed E-state index contributed by atoms with van der Waals surface area (Å²) in [4.78, 5) is 7.93. The molecule has 2 rings (SSSR count). The number of nitrogens with one attached hydrogen (secondary N) is 2. The third kappa shape index (κ3) is 3.81. The molecule has 0 spiro atoms. The van der Waals surface area contributed by atoms with Crippen molar-refractivity contribution in [3.8, 4) is 0 Å². The molecule has 0 unspecified atom stereocenters. The van der Waals surface area contributed by atoms with Crippen molar-refractivity contribution in [2.45, 2.75) is 18.9 Å². The first-order valence-corrected chi connectivity index (χ1v) is 5.17. The topological polar surface area (TPSA) is 49.8 Å². The SMILES string of the molecule is Cl.Clc1cc(N[C@H]2CCCNC2)ncn1. The van der Waals surface area contributed by atoms with Crippen LogP contribution in [0, 0.1) is 0 Å². The van der Waals surface area contributed by atoms with Gasteiger partial charge < -0.3 is 10.6 Å². The van der Waals surface area contributed by atoms with Gasteiger partial charge >= 0.3 is 0 Å². The Kier molecular flexibility index (Phi) is 5.08. The molecule has 1 aliphatic heterocycles. The van der Waals surface area contributed by atoms with Gasteiger partial charge in [-0.25, -0.2) is 9.97 Å². The lowest BCUT2D eigenvalue weighted by atomic mass is 10.1. The summed E-state index contributed by atoms with van der Waals surface area (Å²) in [6.45, 7) is 2.10. The van der Waals surface area contributed by atoms with Crippen molar-refractivity contribution in [2.75, 3.05) is 18.4 Å². The van der Waals surface area contributed by atoms with Gasteiger partial charge in [0.1, 0.15) is 17.3 Å². The van der Waals surface area contributed by atoms with Crippen LogP contribution in [0.3, 0.4) is 0 Å². The molecule has 0 aliphatic carbocycles. The zero-order chi connectivity index (χ0) is 9.80. The van der Waals surface area contributed by atoms with Crippen LogP contribution in [0.15, 0.2) is 12.4 Å². The summed E-state index contributed by atoms with van der Waals surface area (Å²) in [6, 6.07) is 2.20. The number of aromatic nitrogens is 2. The van der Waals surface area contributed by atoms with Crippen LogP contribution in [-0.4, -0.2) is 29.1 Å². The first-order chi connectivity index (χ1) is 6.84. The molecule has 6 heteroatoms. The van der Waals surface area contributed by atoms with Crippen LogP contribution in [0.4, 0.5) is 5.82 Å². The molecule has 1 aromatic heterocycles. The highest BCUT2D eigenvalue weighted by Gasteiger charge is 2.12. The fourth-order valence-electron chi connectivity index (χ4n) is 1.60. The summed E-state index contributed by atoms with van der Waals surface area (Å²) in [5.74, 6) is 0.804. The fourth-order valence-corrected chi connectivity index (χ4v) is 1.74. The van der Waals surface area contributed by atoms with Crippen LogP contribution in [0.2, 0.25) is 5.15 Å². The van der Waals surface area contributed by atoms with Crippen LogP contribution in [0.5, 0.6) is 0 Å². The molecule has 1 atom stereocenters. The fraction of sp³-hybridized carbons (Fsp3) is 0.556. The molecule has 1 saturated heterocycles. The minimum absolute atomic E-state index is 0. The quantitative estimate of drug-likeness (QED) is 0.783. The molecular weight excluding hydrogens is 235 g/mol. The van der Waals surface area contributed by atoms with Gasteiger partial charge in [-0.15, -0.1) is 12.4 Å². The van der Waals surface area contributed by atoms with Crippen LogP contribution in [-0.2, 0) is 0 Å². The molecule has 4 nitrogen and oxygen atoms in total. The number of rotatable bonds is 2. The van der Waals surface area contributed by atoms with Crippen molar-refractivity contribution in [2.24, 2.45) is 0 Å². The first kappa shape index (κ1) is 12.5. The van der Waals surface area contributed by atoms with E-state index in [9.17, 15) is 0 Å². The first-order valence-electron chi connectivity index (χ1n) is 4.79. The van der Waals surface area contributed by atoms with Gasteiger partial charge in [-0.1, -0.05) is 11.6 Å². The average molecular weight is 249 g/mol. The van der Waals surface area contributed by atoms with Crippen molar-refractivity contribution >= 4 is 29.8 Å². The van der Waals surface area contributed by atoms with Gasteiger partial charge in [0.25, 0.3) is 0 Å². The molecule has 0 amide bonds. The van der Waals surface area contributed by atoms with E-state index < -0.39 is 0 Å². The van der Waals surface area contributed by atoms with E-state index in [4.69, 9.17) is 11.6 Å². The Bertz CT molecular complexity index is 302. The maximum Gasteiger partial charge on any atom is 0.134 e. The summed E-state index contributed by atoms with van der Waals surface area (Å²) in [5.41, 5.74) is 0. The number of halogens is 2. The van der Waals surface area contributed by atoms with E-state index in [1.165, 1.54) is 19.2 Å². The lowest BCUT2D eigenvalue weighted by Crippen LogP contribution is -2.38. The zero-order valence-corrected chi connectivity index (χ0v) is 9.81. The van der Waals surface area contributed by atoms with Gasteiger partial charge in [0, 0.05) is 18.7 Å². The molecule has 15 heavy (non-hydrogen) atoms. The van der Waals surface area contributed by atoms with E-state index in [2.05, 4.69) is 20.6 Å². The molecule has 0 radical (unpaired) electrons. The van der Waals surface area contributed by atoms with Gasteiger partial charge in [-0.05, 0) is 19.4 Å². The number of anilines is 1. The number of nitrogens with zero attached hydrogens (tertiary/aromatic N) is 2. The molecule has 2 N–H and O–H groups in total. The second kappa shape index (κ2) is 6.10. The monoisotopic (exact) mass is 248 g/mol. The maximum atomic E-state index is 5.76. The van der Waals surface area contributed by atoms with Crippen LogP contribution < -0.4 is 10.6 Å². The number of hydrogen-bond donors (Lipinski definition) is 2. The summed E-state index contributed by atoms with van der Waals surface area (Å²) in [5, 5.41) is 7.13. The van der Waals surface area contributed by atoms with Gasteiger partial charge in [0.15, 0.2) is 0 Å². The van der Waals surface area contributed by atoms with E-state index in [-0.39, 0.29) is 12.4 Å². The molecule has 0 saturated carbocycles. The Balaban J connectivity index is 0.00000112. The van der Waals surface area contributed by atoms with Gasteiger partial charge in [-0.3, -0.25) is 0 Å². The molecule has 1 aromatic rings. The average Bonchev–Trinajstić information content (AvgIpc) is 2.19. The minimum Gasteiger partial charge on any atom is -0.366 e. The minimum atomic E-state index is 0. The van der Waals surface area contributed by atoms with E-state index in [0.29, 0.717) is 11.2 Å². The standard InChI is InChI=1S/C9H13ClN4.ClH/c10-8-4-9(13-6-12-8)14-7-2-1-3-11-5-7;/h4,6-7,11H,1-3,5H2,(H,12,13,14);1H/t7-;/m0./s1. The molecule has 2 heterocycles. The predicted octanol–water partition coefficient (Wildman–Crippen LogP) is 1.72. The Hall–Kier alpha value is -0.580. The Morgan fingerprint density at radius 2 is 2.33 bits per heavy atom. The van der Waals surface area contributed by atoms with Crippen molar-refractivity contribution in [1.29, 1.82) is 0 Å². The highest BCUT2D eigenvalue weighted by atomic mass is 35.5. The zero-order valence-electron chi connectivity index (χ0n) is 8.24. The highest BCUT2D eigenvalue weighted by molar-refractivity contribution is 6.29. The second-order valence-corrected chi connectivity index (χ2v) is 3.80. The highest BCUT2D eigenvalue weighted by Crippen LogP contribution is 2.12. The summed E-state index contributed by atoms with van der Waals surface area (Å²) in [6.07, 6.45) is 3.85. The van der Waals surface area contributed by atoms with Gasteiger partial charge in [0.2, 0.25) is 0 Å². The van der Waals surface area contributed by atoms with Crippen LogP contribution in [0.1, 0.15) is 12.8 Å². The Morgan fingerprint density at radius 3 is 3.00 bits per heavy atom. The normalized spacial score (nSPS) is 20.5. The second-order valence-electron chi connectivity index (χ2n) is 3.41. The number of piperidine rings is 1. The van der Waals surface area contributed by atoms with Crippen LogP contribution >= 0.6 is 24.0 Å². The predicted molar refractivity (Wildman–Crippen MR) is 63.8 cm³/mol. The summed E-state index contributed by atoms with van der Waals surface area (Å²) in [7, 11) is 0. The van der Waals surface area contributed by atoms with Crippen molar-refractivity contribution < 1.29 is 0 Å². The van der Waals surface area contributed by atoms with Crippen molar-refractivity contribution in [1.82, 2.24) is 15.3 Å². The van der Waals surface area contributed by atoms with Crippen LogP contribution in [0.25, 0.3) is 0 Å². The largest absolute Gasteiger partial charge is 0.366 e. The molecule has 0 aromatic carbocycles. The summed E-state index contributed by atoms with van der Waals surface area (Å²) < 4.78 is 0. The third-order valence-electron chi connectivity index (χ3n) is 2.28. The Labute approximate surface area is 100 Å². The van der Waals surface area contributed by atoms with E-state index in [1.807, 2.05) is 0 Å². The van der Waals surface area contributed by atoms with E-state index in [1.54, 1.807) is 6.07 Å². The lowest BCUT2D eigenvalue weighted by Gasteiger charge is -2.24. The smallest absolute Gasteiger partial charge is 0.134 e. The van der Waals surface area contributed by atoms with Crippen molar-refractivity contribution in [3.05, 3.63) is 17.5 Å². The molecule has 1 fully saturated rings. The molecule has 0 bridgehead atoms. The third-order valence-corrected chi connectivity index (χ3v) is 2.49. The van der Waals surface area contributed by atoms with E-state index >= 15 is 0 Å².